The lowest BCUT2D eigenvalue weighted by molar-refractivity contribution is -0.0401. The molecule has 1 heterocycles. The number of aromatic nitrogens is 2. The van der Waals surface area contributed by atoms with Gasteiger partial charge < -0.3 is 9.67 Å². The fraction of sp³-hybridized carbons (Fsp3) is 0.786. The quantitative estimate of drug-likeness (QED) is 0.875. The van der Waals surface area contributed by atoms with Gasteiger partial charge in [-0.15, -0.1) is 0 Å². The highest BCUT2D eigenvalue weighted by Gasteiger charge is 2.40. The molecule has 17 heavy (non-hydrogen) atoms. The van der Waals surface area contributed by atoms with E-state index in [4.69, 9.17) is 0 Å². The van der Waals surface area contributed by atoms with Gasteiger partial charge in [0.2, 0.25) is 0 Å². The van der Waals surface area contributed by atoms with Crippen molar-refractivity contribution in [1.29, 1.82) is 0 Å². The summed E-state index contributed by atoms with van der Waals surface area (Å²) >= 11 is 0. The first-order valence-corrected chi connectivity index (χ1v) is 6.71. The Kier molecular flexibility index (Phi) is 3.30. The Morgan fingerprint density at radius 3 is 2.53 bits per heavy atom. The molecule has 0 bridgehead atoms. The molecule has 0 atom stereocenters. The van der Waals surface area contributed by atoms with E-state index in [-0.39, 0.29) is 0 Å². The number of aryl methyl sites for hydroxylation is 1. The van der Waals surface area contributed by atoms with Crippen LogP contribution in [0.4, 0.5) is 0 Å². The third-order valence-electron chi connectivity index (χ3n) is 4.03. The van der Waals surface area contributed by atoms with Crippen molar-refractivity contribution in [3.63, 3.8) is 0 Å². The number of rotatable bonds is 3. The fourth-order valence-corrected chi connectivity index (χ4v) is 2.70. The zero-order valence-electron chi connectivity index (χ0n) is 11.2. The monoisotopic (exact) mass is 236 g/mol. The topological polar surface area (TPSA) is 38.0 Å². The normalized spacial score (nSPS) is 22.6. The van der Waals surface area contributed by atoms with Gasteiger partial charge in [0.25, 0.3) is 0 Å². The highest BCUT2D eigenvalue weighted by Crippen LogP contribution is 2.44. The molecule has 3 nitrogen and oxygen atoms in total. The van der Waals surface area contributed by atoms with Gasteiger partial charge in [0.05, 0.1) is 0 Å². The molecule has 1 aromatic rings. The molecule has 1 aliphatic rings. The highest BCUT2D eigenvalue weighted by molar-refractivity contribution is 5.07. The van der Waals surface area contributed by atoms with Crippen LogP contribution in [-0.4, -0.2) is 14.7 Å². The first kappa shape index (κ1) is 12.6. The van der Waals surface area contributed by atoms with E-state index in [0.29, 0.717) is 5.41 Å². The molecule has 0 aromatic carbocycles. The summed E-state index contributed by atoms with van der Waals surface area (Å²) in [6.07, 6.45) is 8.68. The molecule has 1 aromatic heterocycles. The first-order chi connectivity index (χ1) is 7.97. The Bertz CT molecular complexity index is 371. The molecule has 1 saturated carbocycles. The van der Waals surface area contributed by atoms with Gasteiger partial charge in [0, 0.05) is 18.9 Å². The Balaban J connectivity index is 2.18. The van der Waals surface area contributed by atoms with Crippen LogP contribution in [0.15, 0.2) is 12.4 Å². The van der Waals surface area contributed by atoms with Gasteiger partial charge in [-0.1, -0.05) is 20.8 Å². The van der Waals surface area contributed by atoms with E-state index in [1.165, 1.54) is 0 Å². The van der Waals surface area contributed by atoms with Crippen LogP contribution in [0.25, 0.3) is 0 Å². The summed E-state index contributed by atoms with van der Waals surface area (Å²) in [7, 11) is 0. The van der Waals surface area contributed by atoms with Crippen molar-refractivity contribution in [3.8, 4) is 0 Å². The maximum Gasteiger partial charge on any atom is 0.140 e. The average Bonchev–Trinajstić information content (AvgIpc) is 2.73. The first-order valence-electron chi connectivity index (χ1n) is 6.71. The summed E-state index contributed by atoms with van der Waals surface area (Å²) in [6.45, 7) is 7.66. The van der Waals surface area contributed by atoms with E-state index in [9.17, 15) is 5.11 Å². The summed E-state index contributed by atoms with van der Waals surface area (Å²) in [6, 6.07) is 0. The lowest BCUT2D eigenvalue weighted by Crippen LogP contribution is -2.37. The predicted octanol–water partition coefficient (Wildman–Crippen LogP) is 3.08. The van der Waals surface area contributed by atoms with Crippen LogP contribution in [0.2, 0.25) is 0 Å². The van der Waals surface area contributed by atoms with E-state index in [1.807, 2.05) is 12.4 Å². The number of nitrogens with zero attached hydrogens (tertiary/aromatic N) is 2. The Morgan fingerprint density at radius 2 is 1.94 bits per heavy atom. The molecule has 2 rings (SSSR count). The van der Waals surface area contributed by atoms with Gasteiger partial charge in [0.1, 0.15) is 11.4 Å². The highest BCUT2D eigenvalue weighted by atomic mass is 16.3. The van der Waals surface area contributed by atoms with Gasteiger partial charge in [-0.2, -0.15) is 0 Å². The van der Waals surface area contributed by atoms with Crippen molar-refractivity contribution >= 4 is 0 Å². The van der Waals surface area contributed by atoms with Gasteiger partial charge in [0.15, 0.2) is 0 Å². The summed E-state index contributed by atoms with van der Waals surface area (Å²) in [5.74, 6) is 0.870. The minimum atomic E-state index is -0.700. The number of aliphatic hydroxyl groups is 1. The largest absolute Gasteiger partial charge is 0.382 e. The van der Waals surface area contributed by atoms with Crippen molar-refractivity contribution in [3.05, 3.63) is 18.2 Å². The minimum Gasteiger partial charge on any atom is -0.382 e. The Labute approximate surface area is 104 Å². The molecule has 1 fully saturated rings. The van der Waals surface area contributed by atoms with E-state index in [2.05, 4.69) is 30.3 Å². The van der Waals surface area contributed by atoms with Gasteiger partial charge in [-0.05, 0) is 37.5 Å². The number of hydrogen-bond donors (Lipinski definition) is 1. The molecule has 1 aliphatic carbocycles. The molecule has 1 N–H and O–H groups in total. The predicted molar refractivity (Wildman–Crippen MR) is 68.7 cm³/mol. The van der Waals surface area contributed by atoms with Crippen molar-refractivity contribution < 1.29 is 5.11 Å². The lowest BCUT2D eigenvalue weighted by atomic mass is 9.70. The third kappa shape index (κ3) is 2.54. The molecule has 0 aliphatic heterocycles. The molecule has 0 amide bonds. The smallest absolute Gasteiger partial charge is 0.140 e. The molecular weight excluding hydrogens is 212 g/mol. The van der Waals surface area contributed by atoms with Crippen LogP contribution in [0, 0.1) is 5.41 Å². The fourth-order valence-electron chi connectivity index (χ4n) is 2.70. The Morgan fingerprint density at radius 1 is 1.29 bits per heavy atom. The minimum absolute atomic E-state index is 0.369. The molecule has 0 radical (unpaired) electrons. The maximum absolute atomic E-state index is 10.8. The zero-order chi connectivity index (χ0) is 12.5. The molecule has 96 valence electrons. The molecule has 0 saturated heterocycles. The zero-order valence-corrected chi connectivity index (χ0v) is 11.2. The van der Waals surface area contributed by atoms with Crippen LogP contribution in [0.5, 0.6) is 0 Å². The van der Waals surface area contributed by atoms with E-state index < -0.39 is 5.60 Å². The second-order valence-corrected chi connectivity index (χ2v) is 6.14. The second-order valence-electron chi connectivity index (χ2n) is 6.14. The van der Waals surface area contributed by atoms with Gasteiger partial charge in [-0.3, -0.25) is 0 Å². The summed E-state index contributed by atoms with van der Waals surface area (Å²) in [5.41, 5.74) is -0.331. The van der Waals surface area contributed by atoms with Crippen molar-refractivity contribution in [2.24, 2.45) is 5.41 Å². The molecular formula is C14H24N2O. The lowest BCUT2D eigenvalue weighted by Gasteiger charge is -2.39. The van der Waals surface area contributed by atoms with Gasteiger partial charge >= 0.3 is 0 Å². The van der Waals surface area contributed by atoms with Crippen LogP contribution >= 0.6 is 0 Å². The van der Waals surface area contributed by atoms with Crippen molar-refractivity contribution in [2.75, 3.05) is 0 Å². The Hall–Kier alpha value is -0.830. The summed E-state index contributed by atoms with van der Waals surface area (Å²) in [4.78, 5) is 4.39. The number of hydrogen-bond acceptors (Lipinski definition) is 2. The van der Waals surface area contributed by atoms with E-state index in [1.54, 1.807) is 0 Å². The van der Waals surface area contributed by atoms with Crippen LogP contribution in [0.1, 0.15) is 58.7 Å². The summed E-state index contributed by atoms with van der Waals surface area (Å²) < 4.78 is 2.11. The van der Waals surface area contributed by atoms with Crippen LogP contribution < -0.4 is 0 Å². The summed E-state index contributed by atoms with van der Waals surface area (Å²) in [5, 5.41) is 10.8. The van der Waals surface area contributed by atoms with Crippen LogP contribution in [-0.2, 0) is 12.1 Å². The van der Waals surface area contributed by atoms with Crippen molar-refractivity contribution in [2.45, 2.75) is 65.0 Å². The van der Waals surface area contributed by atoms with Gasteiger partial charge in [-0.25, -0.2) is 4.98 Å². The SMILES string of the molecule is CCCn1ccnc1C1(O)CCC(C)(C)CC1. The molecule has 3 heteroatoms. The standard InChI is InChI=1S/C14H24N2O/c1-4-10-16-11-9-15-12(16)14(17)7-5-13(2,3)6-8-14/h9,11,17H,4-8,10H2,1-3H3. The number of imidazole rings is 1. The average molecular weight is 236 g/mol. The van der Waals surface area contributed by atoms with Crippen molar-refractivity contribution in [1.82, 2.24) is 9.55 Å². The van der Waals surface area contributed by atoms with E-state index >= 15 is 0 Å². The molecule has 0 spiro atoms. The molecule has 0 unspecified atom stereocenters. The second kappa shape index (κ2) is 4.45. The van der Waals surface area contributed by atoms with Crippen LogP contribution in [0.3, 0.4) is 0 Å². The third-order valence-corrected chi connectivity index (χ3v) is 4.03. The maximum atomic E-state index is 10.8. The van der Waals surface area contributed by atoms with E-state index in [0.717, 1.165) is 44.5 Å².